The van der Waals surface area contributed by atoms with E-state index in [2.05, 4.69) is 9.97 Å². The van der Waals surface area contributed by atoms with Gasteiger partial charge in [0.2, 0.25) is 0 Å². The van der Waals surface area contributed by atoms with Crippen molar-refractivity contribution in [1.82, 2.24) is 9.97 Å². The molecule has 0 unspecified atom stereocenters. The van der Waals surface area contributed by atoms with Crippen LogP contribution in [-0.4, -0.2) is 15.1 Å². The van der Waals surface area contributed by atoms with Crippen LogP contribution in [0.4, 0.5) is 5.95 Å². The Labute approximate surface area is 94.1 Å². The smallest absolute Gasteiger partial charge is 0.198 e. The summed E-state index contributed by atoms with van der Waals surface area (Å²) < 4.78 is 0. The first-order chi connectivity index (χ1) is 7.76. The number of nitrogens with one attached hydrogen (secondary N) is 1. The van der Waals surface area contributed by atoms with Crippen LogP contribution in [0.2, 0.25) is 0 Å². The quantitative estimate of drug-likeness (QED) is 0.732. The number of aliphatic hydroxyl groups is 1. The minimum atomic E-state index is 0.00604. The van der Waals surface area contributed by atoms with Gasteiger partial charge in [-0.2, -0.15) is 0 Å². The number of nitrogen functional groups attached to an aromatic ring is 1. The third-order valence-electron chi connectivity index (χ3n) is 2.59. The van der Waals surface area contributed by atoms with Crippen molar-refractivity contribution in [1.29, 1.82) is 0 Å². The summed E-state index contributed by atoms with van der Waals surface area (Å²) in [6, 6.07) is 7.66. The Morgan fingerprint density at radius 3 is 2.81 bits per heavy atom. The van der Waals surface area contributed by atoms with Crippen molar-refractivity contribution in [3.8, 4) is 11.3 Å². The van der Waals surface area contributed by atoms with E-state index in [0.717, 1.165) is 28.9 Å². The molecule has 2 rings (SSSR count). The maximum absolute atomic E-state index is 9.28. The number of aromatic amines is 1. The molecule has 0 saturated heterocycles. The first-order valence-corrected chi connectivity index (χ1v) is 5.29. The van der Waals surface area contributed by atoms with Crippen molar-refractivity contribution >= 4 is 5.95 Å². The van der Waals surface area contributed by atoms with E-state index in [9.17, 15) is 5.11 Å². The highest BCUT2D eigenvalue weighted by Gasteiger charge is 2.12. The molecule has 0 bridgehead atoms. The molecule has 0 aliphatic rings. The minimum absolute atomic E-state index is 0.00604. The van der Waals surface area contributed by atoms with E-state index in [1.807, 2.05) is 31.2 Å². The number of hydrogen-bond donors (Lipinski definition) is 3. The van der Waals surface area contributed by atoms with E-state index in [-0.39, 0.29) is 6.61 Å². The minimum Gasteiger partial charge on any atom is -0.392 e. The summed E-state index contributed by atoms with van der Waals surface area (Å²) in [6.45, 7) is 2.05. The monoisotopic (exact) mass is 217 g/mol. The third kappa shape index (κ3) is 1.79. The highest BCUT2D eigenvalue weighted by Crippen LogP contribution is 2.26. The molecule has 4 N–H and O–H groups in total. The van der Waals surface area contributed by atoms with Crippen LogP contribution >= 0.6 is 0 Å². The average molecular weight is 217 g/mol. The molecule has 84 valence electrons. The molecule has 0 aliphatic heterocycles. The largest absolute Gasteiger partial charge is 0.392 e. The number of aliphatic hydroxyl groups excluding tert-OH is 1. The molecule has 1 aromatic heterocycles. The fraction of sp³-hybridized carbons (Fsp3) is 0.250. The summed E-state index contributed by atoms with van der Waals surface area (Å²) in [4.78, 5) is 7.30. The number of hydrogen-bond acceptors (Lipinski definition) is 3. The summed E-state index contributed by atoms with van der Waals surface area (Å²) in [6.07, 6.45) is 0.833. The van der Waals surface area contributed by atoms with Gasteiger partial charge in [0, 0.05) is 11.3 Å². The summed E-state index contributed by atoms with van der Waals surface area (Å²) in [5.74, 6) is 0.416. The molecule has 16 heavy (non-hydrogen) atoms. The Hall–Kier alpha value is -1.81. The molecule has 0 amide bonds. The SMILES string of the molecule is CCc1[nH]c(N)nc1-c1ccccc1CO. The maximum Gasteiger partial charge on any atom is 0.198 e. The molecule has 2 aromatic rings. The molecule has 0 atom stereocenters. The summed E-state index contributed by atoms with van der Waals surface area (Å²) in [7, 11) is 0. The first kappa shape index (κ1) is 10.7. The Kier molecular flexibility index (Phi) is 2.92. The summed E-state index contributed by atoms with van der Waals surface area (Å²) in [5, 5.41) is 9.28. The zero-order valence-corrected chi connectivity index (χ0v) is 9.20. The normalized spacial score (nSPS) is 10.6. The van der Waals surface area contributed by atoms with Gasteiger partial charge in [-0.1, -0.05) is 31.2 Å². The van der Waals surface area contributed by atoms with Crippen molar-refractivity contribution in [2.45, 2.75) is 20.0 Å². The molecule has 4 nitrogen and oxygen atoms in total. The van der Waals surface area contributed by atoms with Crippen LogP contribution in [0, 0.1) is 0 Å². The molecule has 0 radical (unpaired) electrons. The number of rotatable bonds is 3. The number of aromatic nitrogens is 2. The summed E-state index contributed by atoms with van der Waals surface area (Å²) >= 11 is 0. The second-order valence-corrected chi connectivity index (χ2v) is 3.62. The van der Waals surface area contributed by atoms with Crippen LogP contribution in [0.1, 0.15) is 18.2 Å². The predicted octanol–water partition coefficient (Wildman–Crippen LogP) is 1.71. The van der Waals surface area contributed by atoms with E-state index < -0.39 is 0 Å². The van der Waals surface area contributed by atoms with Crippen LogP contribution in [0.5, 0.6) is 0 Å². The van der Waals surface area contributed by atoms with E-state index >= 15 is 0 Å². The zero-order chi connectivity index (χ0) is 11.5. The van der Waals surface area contributed by atoms with E-state index in [4.69, 9.17) is 5.73 Å². The topological polar surface area (TPSA) is 74.9 Å². The van der Waals surface area contributed by atoms with Gasteiger partial charge in [0.1, 0.15) is 0 Å². The third-order valence-corrected chi connectivity index (χ3v) is 2.59. The Morgan fingerprint density at radius 2 is 2.12 bits per heavy atom. The van der Waals surface area contributed by atoms with Crippen molar-refractivity contribution in [2.24, 2.45) is 0 Å². The average Bonchev–Trinajstić information content (AvgIpc) is 2.70. The lowest BCUT2D eigenvalue weighted by atomic mass is 10.0. The van der Waals surface area contributed by atoms with E-state index in [1.54, 1.807) is 0 Å². The first-order valence-electron chi connectivity index (χ1n) is 5.29. The van der Waals surface area contributed by atoms with Gasteiger partial charge in [0.15, 0.2) is 5.95 Å². The van der Waals surface area contributed by atoms with Crippen molar-refractivity contribution in [2.75, 3.05) is 5.73 Å². The lowest BCUT2D eigenvalue weighted by Gasteiger charge is -2.05. The van der Waals surface area contributed by atoms with Crippen molar-refractivity contribution < 1.29 is 5.11 Å². The number of benzene rings is 1. The van der Waals surface area contributed by atoms with Crippen LogP contribution in [0.25, 0.3) is 11.3 Å². The lowest BCUT2D eigenvalue weighted by molar-refractivity contribution is 0.282. The van der Waals surface area contributed by atoms with E-state index in [0.29, 0.717) is 5.95 Å². The van der Waals surface area contributed by atoms with Crippen molar-refractivity contribution in [3.63, 3.8) is 0 Å². The van der Waals surface area contributed by atoms with Crippen LogP contribution < -0.4 is 5.73 Å². The predicted molar refractivity (Wildman–Crippen MR) is 63.7 cm³/mol. The molecule has 1 aromatic carbocycles. The number of aryl methyl sites for hydroxylation is 1. The van der Waals surface area contributed by atoms with Gasteiger partial charge < -0.3 is 15.8 Å². The van der Waals surface area contributed by atoms with Crippen LogP contribution in [0.15, 0.2) is 24.3 Å². The number of nitrogens with two attached hydrogens (primary N) is 1. The lowest BCUT2D eigenvalue weighted by Crippen LogP contribution is -1.92. The molecule has 0 spiro atoms. The molecule has 1 heterocycles. The fourth-order valence-corrected chi connectivity index (χ4v) is 1.80. The number of imidazole rings is 1. The maximum atomic E-state index is 9.28. The number of nitrogens with zero attached hydrogens (tertiary/aromatic N) is 1. The Bertz CT molecular complexity index is 491. The molecule has 0 saturated carbocycles. The molecule has 4 heteroatoms. The van der Waals surface area contributed by atoms with Gasteiger partial charge in [0.25, 0.3) is 0 Å². The van der Waals surface area contributed by atoms with Crippen LogP contribution in [-0.2, 0) is 13.0 Å². The molecular formula is C12H15N3O. The zero-order valence-electron chi connectivity index (χ0n) is 9.20. The number of anilines is 1. The fourth-order valence-electron chi connectivity index (χ4n) is 1.80. The van der Waals surface area contributed by atoms with Gasteiger partial charge in [-0.05, 0) is 12.0 Å². The standard InChI is InChI=1S/C12H15N3O/c1-2-10-11(15-12(13)14-10)9-6-4-3-5-8(9)7-16/h3-6,16H,2,7H2,1H3,(H3,13,14,15). The van der Waals surface area contributed by atoms with Crippen LogP contribution in [0.3, 0.4) is 0 Å². The highest BCUT2D eigenvalue weighted by atomic mass is 16.3. The van der Waals surface area contributed by atoms with Gasteiger partial charge in [-0.15, -0.1) is 0 Å². The van der Waals surface area contributed by atoms with E-state index in [1.165, 1.54) is 0 Å². The van der Waals surface area contributed by atoms with Crippen molar-refractivity contribution in [3.05, 3.63) is 35.5 Å². The second kappa shape index (κ2) is 4.37. The highest BCUT2D eigenvalue weighted by molar-refractivity contribution is 5.67. The second-order valence-electron chi connectivity index (χ2n) is 3.62. The van der Waals surface area contributed by atoms with Gasteiger partial charge >= 0.3 is 0 Å². The number of H-pyrrole nitrogens is 1. The summed E-state index contributed by atoms with van der Waals surface area (Å²) in [5.41, 5.74) is 9.30. The van der Waals surface area contributed by atoms with Gasteiger partial charge in [-0.3, -0.25) is 0 Å². The van der Waals surface area contributed by atoms with Gasteiger partial charge in [-0.25, -0.2) is 4.98 Å². The molecular weight excluding hydrogens is 202 g/mol. The molecule has 0 aliphatic carbocycles. The van der Waals surface area contributed by atoms with Gasteiger partial charge in [0.05, 0.1) is 12.3 Å². The molecule has 0 fully saturated rings. The Balaban J connectivity index is 2.57. The Morgan fingerprint density at radius 1 is 1.38 bits per heavy atom.